The number of anilines is 1. The summed E-state index contributed by atoms with van der Waals surface area (Å²) in [6.45, 7) is 0. The van der Waals surface area contributed by atoms with Crippen LogP contribution in [0.5, 0.6) is 0 Å². The van der Waals surface area contributed by atoms with Gasteiger partial charge < -0.3 is 14.4 Å². The summed E-state index contributed by atoms with van der Waals surface area (Å²) in [5.41, 5.74) is 0.0738. The number of rotatable bonds is 4. The van der Waals surface area contributed by atoms with E-state index in [9.17, 15) is 4.79 Å². The number of hydrogen-bond acceptors (Lipinski definition) is 6. The lowest BCUT2D eigenvalue weighted by molar-refractivity contribution is -0.118. The molecule has 3 heterocycles. The quantitative estimate of drug-likeness (QED) is 0.801. The Morgan fingerprint density at radius 3 is 2.90 bits per heavy atom. The van der Waals surface area contributed by atoms with E-state index in [4.69, 9.17) is 9.05 Å². The summed E-state index contributed by atoms with van der Waals surface area (Å²) in [4.78, 5) is 13.4. The van der Waals surface area contributed by atoms with Gasteiger partial charge in [0.2, 0.25) is 5.91 Å². The standard InChI is InChI=1S/C14H11N3O3S/c18-13(15-12-3-6-19-17-12)14(4-5-14)11-8-9(20-16-11)10-2-1-7-21-10/h1-3,6-8H,4-5H2,(H,15,17,18). The van der Waals surface area contributed by atoms with Crippen molar-refractivity contribution in [3.63, 3.8) is 0 Å². The fraction of sp³-hybridized carbons (Fsp3) is 0.214. The zero-order valence-corrected chi connectivity index (χ0v) is 11.7. The molecule has 1 saturated carbocycles. The van der Waals surface area contributed by atoms with E-state index in [2.05, 4.69) is 15.6 Å². The summed E-state index contributed by atoms with van der Waals surface area (Å²) in [5.74, 6) is 0.983. The van der Waals surface area contributed by atoms with Crippen molar-refractivity contribution in [2.75, 3.05) is 5.32 Å². The number of aromatic nitrogens is 2. The summed E-state index contributed by atoms with van der Waals surface area (Å²) in [7, 11) is 0. The first kappa shape index (κ1) is 12.3. The molecule has 106 valence electrons. The molecule has 3 aromatic heterocycles. The molecule has 0 aromatic carbocycles. The third-order valence-electron chi connectivity index (χ3n) is 3.63. The Morgan fingerprint density at radius 2 is 2.24 bits per heavy atom. The van der Waals surface area contributed by atoms with Gasteiger partial charge in [0, 0.05) is 12.1 Å². The molecule has 1 aliphatic carbocycles. The van der Waals surface area contributed by atoms with E-state index in [1.165, 1.54) is 6.26 Å². The van der Waals surface area contributed by atoms with Crippen LogP contribution in [0.15, 0.2) is 45.0 Å². The van der Waals surface area contributed by atoms with Crippen LogP contribution in [0.25, 0.3) is 10.6 Å². The third-order valence-corrected chi connectivity index (χ3v) is 4.51. The second kappa shape index (κ2) is 4.56. The van der Waals surface area contributed by atoms with E-state index in [0.29, 0.717) is 17.3 Å². The van der Waals surface area contributed by atoms with Crippen LogP contribution in [0.2, 0.25) is 0 Å². The molecular weight excluding hydrogens is 290 g/mol. The van der Waals surface area contributed by atoms with Crippen molar-refractivity contribution in [1.29, 1.82) is 0 Å². The summed E-state index contributed by atoms with van der Waals surface area (Å²) in [6, 6.07) is 7.37. The minimum atomic E-state index is -0.599. The molecule has 0 radical (unpaired) electrons. The van der Waals surface area contributed by atoms with Crippen molar-refractivity contribution in [3.05, 3.63) is 41.6 Å². The molecule has 0 aliphatic heterocycles. The highest BCUT2D eigenvalue weighted by Gasteiger charge is 2.54. The minimum Gasteiger partial charge on any atom is -0.363 e. The number of thiophene rings is 1. The Balaban J connectivity index is 1.59. The Morgan fingerprint density at radius 1 is 1.33 bits per heavy atom. The van der Waals surface area contributed by atoms with Crippen LogP contribution in [0.4, 0.5) is 5.82 Å². The number of nitrogens with one attached hydrogen (secondary N) is 1. The fourth-order valence-corrected chi connectivity index (χ4v) is 2.95. The summed E-state index contributed by atoms with van der Waals surface area (Å²) >= 11 is 1.58. The van der Waals surface area contributed by atoms with Crippen molar-refractivity contribution in [1.82, 2.24) is 10.3 Å². The van der Waals surface area contributed by atoms with Gasteiger partial charge in [-0.25, -0.2) is 0 Å². The average molecular weight is 301 g/mol. The van der Waals surface area contributed by atoms with E-state index in [-0.39, 0.29) is 5.91 Å². The van der Waals surface area contributed by atoms with E-state index < -0.39 is 5.41 Å². The van der Waals surface area contributed by atoms with E-state index >= 15 is 0 Å². The number of nitrogens with zero attached hydrogens (tertiary/aromatic N) is 2. The molecule has 0 saturated heterocycles. The van der Waals surface area contributed by atoms with Crippen LogP contribution in [0, 0.1) is 0 Å². The van der Waals surface area contributed by atoms with Crippen molar-refractivity contribution >= 4 is 23.1 Å². The molecule has 0 spiro atoms. The first-order chi connectivity index (χ1) is 10.3. The Labute approximate surface area is 123 Å². The largest absolute Gasteiger partial charge is 0.363 e. The lowest BCUT2D eigenvalue weighted by Gasteiger charge is -2.09. The van der Waals surface area contributed by atoms with Crippen LogP contribution in [0.3, 0.4) is 0 Å². The Kier molecular flexibility index (Phi) is 2.68. The van der Waals surface area contributed by atoms with Crippen molar-refractivity contribution < 1.29 is 13.8 Å². The normalized spacial score (nSPS) is 15.8. The number of carbonyl (C=O) groups excluding carboxylic acids is 1. The van der Waals surface area contributed by atoms with Gasteiger partial charge in [-0.2, -0.15) is 0 Å². The van der Waals surface area contributed by atoms with Gasteiger partial charge >= 0.3 is 0 Å². The minimum absolute atomic E-state index is 0.123. The van der Waals surface area contributed by atoms with Gasteiger partial charge in [-0.15, -0.1) is 11.3 Å². The average Bonchev–Trinajstić information content (AvgIpc) is 2.99. The lowest BCUT2D eigenvalue weighted by Crippen LogP contribution is -2.28. The zero-order valence-electron chi connectivity index (χ0n) is 10.9. The first-order valence-corrected chi connectivity index (χ1v) is 7.39. The summed E-state index contributed by atoms with van der Waals surface area (Å²) in [5, 5.41) is 12.5. The molecule has 6 nitrogen and oxygen atoms in total. The highest BCUT2D eigenvalue weighted by molar-refractivity contribution is 7.13. The smallest absolute Gasteiger partial charge is 0.238 e. The molecule has 4 rings (SSSR count). The lowest BCUT2D eigenvalue weighted by atomic mass is 10.0. The number of carbonyl (C=O) groups is 1. The Bertz CT molecular complexity index is 757. The van der Waals surface area contributed by atoms with Crippen LogP contribution in [0.1, 0.15) is 18.5 Å². The molecule has 1 N–H and O–H groups in total. The van der Waals surface area contributed by atoms with Crippen LogP contribution < -0.4 is 5.32 Å². The monoisotopic (exact) mass is 301 g/mol. The van der Waals surface area contributed by atoms with Crippen LogP contribution in [-0.4, -0.2) is 16.2 Å². The first-order valence-electron chi connectivity index (χ1n) is 6.51. The molecule has 1 aliphatic rings. The predicted octanol–water partition coefficient (Wildman–Crippen LogP) is 3.06. The second-order valence-electron chi connectivity index (χ2n) is 4.97. The molecular formula is C14H11N3O3S. The summed E-state index contributed by atoms with van der Waals surface area (Å²) < 4.78 is 10.1. The van der Waals surface area contributed by atoms with Crippen molar-refractivity contribution in [2.45, 2.75) is 18.3 Å². The van der Waals surface area contributed by atoms with Gasteiger partial charge in [0.15, 0.2) is 11.6 Å². The van der Waals surface area contributed by atoms with Crippen molar-refractivity contribution in [3.8, 4) is 10.6 Å². The van der Waals surface area contributed by atoms with E-state index in [1.54, 1.807) is 17.4 Å². The van der Waals surface area contributed by atoms with Crippen LogP contribution >= 0.6 is 11.3 Å². The highest BCUT2D eigenvalue weighted by Crippen LogP contribution is 2.49. The van der Waals surface area contributed by atoms with Gasteiger partial charge in [-0.1, -0.05) is 16.4 Å². The van der Waals surface area contributed by atoms with Gasteiger partial charge in [-0.05, 0) is 24.3 Å². The maximum absolute atomic E-state index is 12.4. The SMILES string of the molecule is O=C(Nc1ccon1)C1(c2cc(-c3cccs3)on2)CC1. The maximum Gasteiger partial charge on any atom is 0.238 e. The number of amides is 1. The third kappa shape index (κ3) is 2.06. The molecule has 21 heavy (non-hydrogen) atoms. The fourth-order valence-electron chi connectivity index (χ4n) is 2.27. The van der Waals surface area contributed by atoms with E-state index in [1.807, 2.05) is 23.6 Å². The van der Waals surface area contributed by atoms with E-state index in [0.717, 1.165) is 17.7 Å². The van der Waals surface area contributed by atoms with Gasteiger partial charge in [0.05, 0.1) is 16.0 Å². The predicted molar refractivity (Wildman–Crippen MR) is 75.9 cm³/mol. The molecule has 1 fully saturated rings. The number of hydrogen-bond donors (Lipinski definition) is 1. The molecule has 3 aromatic rings. The van der Waals surface area contributed by atoms with Gasteiger partial charge in [-0.3, -0.25) is 4.79 Å². The molecule has 7 heteroatoms. The maximum atomic E-state index is 12.4. The topological polar surface area (TPSA) is 81.2 Å². The molecule has 0 bridgehead atoms. The van der Waals surface area contributed by atoms with Gasteiger partial charge in [0.1, 0.15) is 6.26 Å². The second-order valence-corrected chi connectivity index (χ2v) is 5.92. The van der Waals surface area contributed by atoms with Crippen molar-refractivity contribution in [2.24, 2.45) is 0 Å². The highest BCUT2D eigenvalue weighted by atomic mass is 32.1. The molecule has 0 unspecified atom stereocenters. The molecule has 0 atom stereocenters. The zero-order chi connectivity index (χ0) is 14.3. The van der Waals surface area contributed by atoms with Crippen LogP contribution in [-0.2, 0) is 10.2 Å². The summed E-state index contributed by atoms with van der Waals surface area (Å²) in [6.07, 6.45) is 2.93. The Hall–Kier alpha value is -2.41. The van der Waals surface area contributed by atoms with Gasteiger partial charge in [0.25, 0.3) is 0 Å². The molecule has 1 amide bonds.